The van der Waals surface area contributed by atoms with Crippen LogP contribution in [0.15, 0.2) is 127 Å². The van der Waals surface area contributed by atoms with Crippen LogP contribution in [0.3, 0.4) is 0 Å². The van der Waals surface area contributed by atoms with Gasteiger partial charge in [0.05, 0.1) is 36.3 Å². The summed E-state index contributed by atoms with van der Waals surface area (Å²) in [6.07, 6.45) is 17.7. The Kier molecular flexibility index (Phi) is 9.73. The van der Waals surface area contributed by atoms with E-state index in [1.165, 1.54) is 48.5 Å². The molecule has 0 spiro atoms. The number of aromatic nitrogens is 4. The van der Waals surface area contributed by atoms with Crippen LogP contribution in [-0.4, -0.2) is 31.1 Å². The first-order chi connectivity index (χ1) is 23.7. The van der Waals surface area contributed by atoms with Gasteiger partial charge in [0.15, 0.2) is 0 Å². The van der Waals surface area contributed by atoms with Gasteiger partial charge in [-0.1, -0.05) is 18.2 Å². The van der Waals surface area contributed by atoms with Gasteiger partial charge >= 0.3 is 0 Å². The van der Waals surface area contributed by atoms with Gasteiger partial charge in [0, 0.05) is 51.0 Å². The lowest BCUT2D eigenvalue weighted by Gasteiger charge is -2.06. The van der Waals surface area contributed by atoms with Gasteiger partial charge in [-0.05, 0) is 90.3 Å². The number of carbonyl (C=O) groups is 2. The summed E-state index contributed by atoms with van der Waals surface area (Å²) in [6.45, 7) is 0. The number of anilines is 2. The quantitative estimate of drug-likeness (QED) is 0.134. The van der Waals surface area contributed by atoms with Crippen molar-refractivity contribution >= 4 is 61.8 Å². The summed E-state index contributed by atoms with van der Waals surface area (Å²) in [7, 11) is 0. The van der Waals surface area contributed by atoms with E-state index in [0.717, 1.165) is 50.8 Å². The van der Waals surface area contributed by atoms with E-state index < -0.39 is 5.24 Å². The zero-order valence-electron chi connectivity index (χ0n) is 25.6. The maximum Gasteiger partial charge on any atom is 0.255 e. The molecule has 5 aromatic heterocycles. The van der Waals surface area contributed by atoms with Crippen LogP contribution >= 0.6 is 11.6 Å². The smallest absolute Gasteiger partial charge is 0.255 e. The highest BCUT2D eigenvalue weighted by Gasteiger charge is 2.12. The van der Waals surface area contributed by atoms with Gasteiger partial charge in [0.1, 0.15) is 22.9 Å². The molecule has 9 nitrogen and oxygen atoms in total. The van der Waals surface area contributed by atoms with Crippen molar-refractivity contribution in [2.75, 3.05) is 11.1 Å². The van der Waals surface area contributed by atoms with Crippen molar-refractivity contribution in [1.82, 2.24) is 19.9 Å². The fourth-order valence-electron chi connectivity index (χ4n) is 5.03. The number of rotatable bonds is 5. The molecule has 0 atom stereocenters. The Morgan fingerprint density at radius 1 is 0.837 bits per heavy atom. The molecule has 0 saturated carbocycles. The van der Waals surface area contributed by atoms with E-state index in [9.17, 15) is 18.4 Å². The summed E-state index contributed by atoms with van der Waals surface area (Å²) in [6, 6.07) is 16.2. The molecule has 5 N–H and O–H groups in total. The topological polar surface area (TPSA) is 143 Å². The lowest BCUT2D eigenvalue weighted by atomic mass is 10.1. The number of fused-ring (bicyclic) bond motifs is 2. The van der Waals surface area contributed by atoms with E-state index >= 15 is 0 Å². The molecule has 244 valence electrons. The molecule has 12 heteroatoms. The molecule has 49 heavy (non-hydrogen) atoms. The SMILES string of the molecule is Nc1cnc2[nH]cc(-c3ccoc3)c2c1.O=C(Cl)c1ccc(F)cc1.O=C(Nc1cnc2[nH]cc(C3=CCC=C3)c2c1)c1ccc(F)cc1. The molecule has 0 bridgehead atoms. The van der Waals surface area contributed by atoms with E-state index in [4.69, 9.17) is 21.8 Å². The lowest BCUT2D eigenvalue weighted by molar-refractivity contribution is 0.102. The number of nitrogens with two attached hydrogens (primary N) is 1. The minimum atomic E-state index is -0.569. The van der Waals surface area contributed by atoms with Gasteiger partial charge in [-0.25, -0.2) is 18.7 Å². The van der Waals surface area contributed by atoms with Gasteiger partial charge in [-0.15, -0.1) is 0 Å². The molecule has 2 aromatic carbocycles. The third kappa shape index (κ3) is 7.80. The number of nitrogens with one attached hydrogen (secondary N) is 3. The van der Waals surface area contributed by atoms with Crippen LogP contribution in [0, 0.1) is 11.6 Å². The van der Waals surface area contributed by atoms with E-state index in [1.54, 1.807) is 24.9 Å². The molecule has 0 saturated heterocycles. The number of halogens is 3. The molecule has 1 aliphatic carbocycles. The van der Waals surface area contributed by atoms with Crippen LogP contribution in [0.5, 0.6) is 0 Å². The predicted octanol–water partition coefficient (Wildman–Crippen LogP) is 8.91. The monoisotopic (exact) mass is 676 g/mol. The summed E-state index contributed by atoms with van der Waals surface area (Å²) in [5.74, 6) is -1.04. The zero-order valence-corrected chi connectivity index (χ0v) is 26.3. The van der Waals surface area contributed by atoms with E-state index in [0.29, 0.717) is 22.5 Å². The number of hydrogen-bond acceptors (Lipinski definition) is 6. The molecule has 1 aliphatic rings. The fourth-order valence-corrected chi connectivity index (χ4v) is 5.16. The van der Waals surface area contributed by atoms with Crippen LogP contribution in [0.4, 0.5) is 20.2 Å². The maximum absolute atomic E-state index is 13.0. The standard InChI is InChI=1S/C19H14FN3O.C11H9N3O.C7H4ClFO/c20-14-7-5-13(6-8-14)19(24)23-15-9-16-17(12-3-1-2-4-12)11-22-18(16)21-10-15;12-8-3-9-10(7-1-2-15-6-7)5-14-11(9)13-4-8;8-7(10)5-1-3-6(9)4-2-5/h1,3-11H,2H2,(H,21,22)(H,23,24);1-6H,12H2,(H,13,14);1-4H. The van der Waals surface area contributed by atoms with Crippen molar-refractivity contribution in [2.24, 2.45) is 0 Å². The third-order valence-electron chi connectivity index (χ3n) is 7.43. The predicted molar refractivity (Wildman–Crippen MR) is 187 cm³/mol. The molecule has 1 amide bonds. The fraction of sp³-hybridized carbons (Fsp3) is 0.0270. The lowest BCUT2D eigenvalue weighted by Crippen LogP contribution is -2.11. The van der Waals surface area contributed by atoms with Crippen molar-refractivity contribution in [2.45, 2.75) is 6.42 Å². The first-order valence-electron chi connectivity index (χ1n) is 14.9. The highest BCUT2D eigenvalue weighted by atomic mass is 35.5. The minimum Gasteiger partial charge on any atom is -0.472 e. The molecule has 8 rings (SSSR count). The molecular formula is C37H27ClF2N6O3. The van der Waals surface area contributed by atoms with Gasteiger partial charge < -0.3 is 25.4 Å². The Hall–Kier alpha value is -6.33. The average Bonchev–Trinajstić information content (AvgIpc) is 3.93. The highest BCUT2D eigenvalue weighted by Crippen LogP contribution is 2.30. The molecule has 0 fully saturated rings. The normalized spacial score (nSPS) is 11.8. The number of amides is 1. The van der Waals surface area contributed by atoms with E-state index in [-0.39, 0.29) is 17.5 Å². The number of allylic oxidation sites excluding steroid dienone is 4. The number of nitrogen functional groups attached to an aromatic ring is 1. The molecule has 0 unspecified atom stereocenters. The molecule has 5 heterocycles. The Morgan fingerprint density at radius 2 is 1.47 bits per heavy atom. The van der Waals surface area contributed by atoms with Crippen molar-refractivity contribution in [1.29, 1.82) is 0 Å². The van der Waals surface area contributed by atoms with Crippen molar-refractivity contribution in [3.05, 3.63) is 151 Å². The van der Waals surface area contributed by atoms with Gasteiger partial charge in [-0.3, -0.25) is 9.59 Å². The summed E-state index contributed by atoms with van der Waals surface area (Å²) in [5.41, 5.74) is 13.5. The molecule has 0 aliphatic heterocycles. The summed E-state index contributed by atoms with van der Waals surface area (Å²) >= 11 is 5.09. The number of hydrogen-bond donors (Lipinski definition) is 4. The van der Waals surface area contributed by atoms with Crippen LogP contribution in [-0.2, 0) is 0 Å². The van der Waals surface area contributed by atoms with Crippen LogP contribution in [0.2, 0.25) is 0 Å². The van der Waals surface area contributed by atoms with Gasteiger partial charge in [0.2, 0.25) is 0 Å². The second-order valence-electron chi connectivity index (χ2n) is 10.7. The van der Waals surface area contributed by atoms with Crippen LogP contribution < -0.4 is 11.1 Å². The first kappa shape index (κ1) is 32.6. The molecule has 0 radical (unpaired) electrons. The summed E-state index contributed by atoms with van der Waals surface area (Å²) < 4.78 is 30.2. The zero-order chi connectivity index (χ0) is 34.3. The Bertz CT molecular complexity index is 2310. The number of benzene rings is 2. The Morgan fingerprint density at radius 3 is 2.08 bits per heavy atom. The summed E-state index contributed by atoms with van der Waals surface area (Å²) in [5, 5.41) is 4.19. The number of aromatic amines is 2. The van der Waals surface area contributed by atoms with Gasteiger partial charge in [0.25, 0.3) is 11.1 Å². The molecular weight excluding hydrogens is 650 g/mol. The van der Waals surface area contributed by atoms with Crippen molar-refractivity contribution in [3.8, 4) is 11.1 Å². The van der Waals surface area contributed by atoms with Crippen LogP contribution in [0.1, 0.15) is 32.7 Å². The second kappa shape index (κ2) is 14.6. The number of H-pyrrole nitrogens is 2. The molecule has 7 aromatic rings. The minimum absolute atomic E-state index is 0.298. The van der Waals surface area contributed by atoms with E-state index in [2.05, 4.69) is 43.5 Å². The van der Waals surface area contributed by atoms with Gasteiger partial charge in [-0.2, -0.15) is 0 Å². The maximum atomic E-state index is 13.0. The number of pyridine rings is 2. The van der Waals surface area contributed by atoms with Crippen LogP contribution in [0.25, 0.3) is 38.8 Å². The average molecular weight is 677 g/mol. The summed E-state index contributed by atoms with van der Waals surface area (Å²) in [4.78, 5) is 37.4. The Labute approximate surface area is 283 Å². The highest BCUT2D eigenvalue weighted by molar-refractivity contribution is 6.67. The third-order valence-corrected chi connectivity index (χ3v) is 7.65. The Balaban J connectivity index is 0.000000142. The number of carbonyl (C=O) groups excluding carboxylic acids is 2. The first-order valence-corrected chi connectivity index (χ1v) is 15.2. The van der Waals surface area contributed by atoms with Crippen molar-refractivity contribution in [3.63, 3.8) is 0 Å². The van der Waals surface area contributed by atoms with Crippen molar-refractivity contribution < 1.29 is 22.8 Å². The second-order valence-corrected chi connectivity index (χ2v) is 11.1. The number of nitrogens with zero attached hydrogens (tertiary/aromatic N) is 2. The van der Waals surface area contributed by atoms with E-state index in [1.807, 2.05) is 30.6 Å². The largest absolute Gasteiger partial charge is 0.472 e. The number of furan rings is 1.